The summed E-state index contributed by atoms with van der Waals surface area (Å²) < 4.78 is 3.97. The van der Waals surface area contributed by atoms with Gasteiger partial charge in [0.2, 0.25) is 0 Å². The fraction of sp³-hybridized carbons (Fsp3) is 0.345. The highest BCUT2D eigenvalue weighted by atomic mass is 16.1. The number of fused-ring (bicyclic) bond motifs is 6. The largest absolute Gasteiger partial charge is 0.327 e. The van der Waals surface area contributed by atoms with E-state index in [1.165, 1.54) is 132 Å². The predicted octanol–water partition coefficient (Wildman–Crippen LogP) is 33.0. The van der Waals surface area contributed by atoms with Gasteiger partial charge >= 0.3 is 0 Å². The number of aromatic nitrogens is 5. The summed E-state index contributed by atoms with van der Waals surface area (Å²) in [6.45, 7) is 73.1. The van der Waals surface area contributed by atoms with E-state index in [0.29, 0.717) is 0 Å². The van der Waals surface area contributed by atoms with Gasteiger partial charge in [-0.1, -0.05) is 342 Å². The number of rotatable bonds is 1. The molecule has 0 aliphatic heterocycles. The van der Waals surface area contributed by atoms with Crippen LogP contribution in [0.4, 0.5) is 0 Å². The van der Waals surface area contributed by atoms with Gasteiger partial charge in [0.25, 0.3) is 5.56 Å². The molecule has 0 atom stereocenters. The van der Waals surface area contributed by atoms with Crippen molar-refractivity contribution in [2.24, 2.45) is 0 Å². The van der Waals surface area contributed by atoms with Gasteiger partial charge in [-0.15, -0.1) is 0 Å². The fourth-order valence-corrected chi connectivity index (χ4v) is 15.7. The maximum Gasteiger partial charge on any atom is 0.258 e. The van der Waals surface area contributed by atoms with Gasteiger partial charge in [0.05, 0.1) is 11.4 Å². The van der Waals surface area contributed by atoms with Crippen LogP contribution in [0.15, 0.2) is 297 Å². The molecule has 0 aliphatic rings. The molecule has 0 aliphatic carbocycles. The van der Waals surface area contributed by atoms with E-state index < -0.39 is 0 Å². The van der Waals surface area contributed by atoms with Crippen molar-refractivity contribution < 1.29 is 0 Å². The molecule has 0 saturated heterocycles. The zero-order valence-corrected chi connectivity index (χ0v) is 82.4. The highest BCUT2D eigenvalue weighted by Crippen LogP contribution is 2.36. The van der Waals surface area contributed by atoms with E-state index in [1.54, 1.807) is 17.0 Å². The summed E-state index contributed by atoms with van der Waals surface area (Å²) in [6, 6.07) is 91.4. The zero-order valence-electron chi connectivity index (χ0n) is 82.4. The quantitative estimate of drug-likeness (QED) is 0.164. The molecule has 5 aromatic heterocycles. The molecule has 16 aromatic rings. The summed E-state index contributed by atoms with van der Waals surface area (Å²) in [5, 5.41) is 13.8. The Morgan fingerprint density at radius 2 is 0.608 bits per heavy atom. The normalized spacial score (nSPS) is 11.8. The Kier molecular flexibility index (Phi) is 33.0. The SMILES string of the molecule is CC(C)(C)c1ccc2ccccc2c1.CC(C)(C)n1ccc2ccccc2c1=O.CC(C)(C)n1ccc2cccnc21.Cc1cc(C(C)(C)C)c(C)c2ccccc12.Cc1cc(C(C)(C)C)cc2ccccc12.Cc1cc(C)c(C(C)(C)C)cc1C.Cc1cc(C)cc(C(C)(C)C)c1.Cc1cc2ccccc2cc1C(C)(C)C.c1ccc(-c2ccccn2)nc1. The molecule has 5 heterocycles. The van der Waals surface area contributed by atoms with E-state index in [1.807, 2.05) is 106 Å². The molecule has 0 saturated carbocycles. The summed E-state index contributed by atoms with van der Waals surface area (Å²) in [5.74, 6) is 0. The number of benzene rings is 11. The molecule has 125 heavy (non-hydrogen) atoms. The Hall–Kier alpha value is -11.3. The molecule has 0 unspecified atom stereocenters. The van der Waals surface area contributed by atoms with Crippen LogP contribution in [-0.2, 0) is 43.6 Å². The number of hydrogen-bond acceptors (Lipinski definition) is 4. The number of nitrogens with zero attached hydrogens (tertiary/aromatic N) is 5. The van der Waals surface area contributed by atoms with E-state index in [0.717, 1.165) is 27.8 Å². The molecule has 6 nitrogen and oxygen atoms in total. The minimum absolute atomic E-state index is 0.0839. The molecular weight excluding hydrogens is 1520 g/mol. The molecule has 0 amide bonds. The second kappa shape index (κ2) is 41.6. The standard InChI is InChI=1S/C16H20.2C15H18.C14H16.C13H15NO.C13H20.C12H18.C11H14N2.C10H8N2/c1-11-10-15(16(3,4)5)12(2)14-9-7-6-8-13(11)14;1-11-9-13(15(2,3)4)10-12-7-5-6-8-14(11)12;1-11-9-12-7-5-6-8-13(12)10-14(11)15(2,3)4;1-14(2,3)13-9-8-11-6-4-5-7-12(11)10-13;1-13(2,3)14-9-8-10-6-4-5-7-11(10)12(14)15;1-9-7-11(3)12(8-10(9)2)13(4,5)6;1-9-6-10(2)8-11(7-9)12(3,4)5;1-11(2,3)13-8-6-9-5-4-7-12-10(9)13;1-3-7-11-9(5-1)10-6-2-4-8-12-10/h6-10H,1-5H3;2*5-10H,1-4H3;4-10H,1-3H3;4-9H,1-3H3;7-8H,1-6H3;6-8H,1-5H3;4-8H,1-3H3;1-8H. The summed E-state index contributed by atoms with van der Waals surface area (Å²) in [5.41, 5.74) is 25.5. The van der Waals surface area contributed by atoms with Crippen LogP contribution in [0.5, 0.6) is 0 Å². The van der Waals surface area contributed by atoms with Gasteiger partial charge < -0.3 is 9.13 Å². The van der Waals surface area contributed by atoms with Crippen molar-refractivity contribution >= 4 is 64.9 Å². The van der Waals surface area contributed by atoms with Crippen LogP contribution < -0.4 is 5.56 Å². The van der Waals surface area contributed by atoms with Gasteiger partial charge in [0.15, 0.2) is 0 Å². The predicted molar refractivity (Wildman–Crippen MR) is 549 cm³/mol. The topological polar surface area (TPSA) is 65.6 Å². The Morgan fingerprint density at radius 1 is 0.232 bits per heavy atom. The summed E-state index contributed by atoms with van der Waals surface area (Å²) >= 11 is 0. The molecule has 0 bridgehead atoms. The highest BCUT2D eigenvalue weighted by molar-refractivity contribution is 5.90. The third-order valence-electron chi connectivity index (χ3n) is 22.8. The molecule has 0 fully saturated rings. The summed E-state index contributed by atoms with van der Waals surface area (Å²) in [4.78, 5) is 24.9. The zero-order chi connectivity index (χ0) is 92.5. The highest BCUT2D eigenvalue weighted by Gasteiger charge is 2.23. The van der Waals surface area contributed by atoms with Gasteiger partial charge in [-0.3, -0.25) is 14.8 Å². The summed E-state index contributed by atoms with van der Waals surface area (Å²) in [7, 11) is 0. The van der Waals surface area contributed by atoms with E-state index >= 15 is 0 Å². The second-order valence-electron chi connectivity index (χ2n) is 42.1. The Bertz CT molecular complexity index is 6230. The van der Waals surface area contributed by atoms with Crippen LogP contribution >= 0.6 is 0 Å². The van der Waals surface area contributed by atoms with Crippen molar-refractivity contribution in [2.45, 2.75) is 272 Å². The maximum atomic E-state index is 12.1. The van der Waals surface area contributed by atoms with Crippen LogP contribution in [0, 0.1) is 62.3 Å². The molecule has 0 spiro atoms. The first kappa shape index (κ1) is 99.1. The van der Waals surface area contributed by atoms with Crippen molar-refractivity contribution in [3.05, 3.63) is 386 Å². The lowest BCUT2D eigenvalue weighted by Crippen LogP contribution is -2.33. The minimum Gasteiger partial charge on any atom is -0.327 e. The minimum atomic E-state index is -0.166. The molecule has 6 heteroatoms. The lowest BCUT2D eigenvalue weighted by Gasteiger charge is -2.24. The van der Waals surface area contributed by atoms with Crippen molar-refractivity contribution in [2.75, 3.05) is 0 Å². The summed E-state index contributed by atoms with van der Waals surface area (Å²) in [6.07, 6.45) is 9.33. The molecule has 11 aromatic carbocycles. The Morgan fingerprint density at radius 3 is 1.11 bits per heavy atom. The van der Waals surface area contributed by atoms with Crippen molar-refractivity contribution in [3.8, 4) is 11.4 Å². The number of pyridine rings is 4. The van der Waals surface area contributed by atoms with Gasteiger partial charge in [0, 0.05) is 52.8 Å². The Labute approximate surface area is 753 Å². The molecule has 0 radical (unpaired) electrons. The average molecular weight is 1660 g/mol. The lowest BCUT2D eigenvalue weighted by molar-refractivity contribution is 0.386. The van der Waals surface area contributed by atoms with Crippen LogP contribution in [0.1, 0.15) is 250 Å². The molecule has 654 valence electrons. The van der Waals surface area contributed by atoms with E-state index in [2.05, 4.69) is 421 Å². The van der Waals surface area contributed by atoms with Gasteiger partial charge in [-0.25, -0.2) is 4.98 Å². The van der Waals surface area contributed by atoms with Gasteiger partial charge in [-0.2, -0.15) is 0 Å². The molecule has 16 rings (SSSR count). The van der Waals surface area contributed by atoms with Crippen LogP contribution in [0.3, 0.4) is 0 Å². The van der Waals surface area contributed by atoms with Crippen LogP contribution in [0.2, 0.25) is 0 Å². The third-order valence-corrected chi connectivity index (χ3v) is 22.8. The second-order valence-corrected chi connectivity index (χ2v) is 42.1. The maximum absolute atomic E-state index is 12.1. The number of hydrogen-bond donors (Lipinski definition) is 0. The van der Waals surface area contributed by atoms with Gasteiger partial charge in [-0.05, 0) is 312 Å². The monoisotopic (exact) mass is 1660 g/mol. The fourth-order valence-electron chi connectivity index (χ4n) is 15.7. The van der Waals surface area contributed by atoms with Crippen molar-refractivity contribution in [1.29, 1.82) is 0 Å². The lowest BCUT2D eigenvalue weighted by atomic mass is 9.81. The first-order valence-electron chi connectivity index (χ1n) is 44.7. The van der Waals surface area contributed by atoms with E-state index in [-0.39, 0.29) is 49.1 Å². The van der Waals surface area contributed by atoms with Crippen molar-refractivity contribution in [1.82, 2.24) is 24.1 Å². The molecule has 0 N–H and O–H groups in total. The van der Waals surface area contributed by atoms with Crippen LogP contribution in [-0.4, -0.2) is 24.1 Å². The van der Waals surface area contributed by atoms with Crippen molar-refractivity contribution in [3.63, 3.8) is 0 Å². The smallest absolute Gasteiger partial charge is 0.258 e. The first-order chi connectivity index (χ1) is 58.2. The van der Waals surface area contributed by atoms with Gasteiger partial charge in [0.1, 0.15) is 5.65 Å². The van der Waals surface area contributed by atoms with Crippen LogP contribution in [0.25, 0.3) is 76.3 Å². The van der Waals surface area contributed by atoms with E-state index in [4.69, 9.17) is 0 Å². The molecular formula is C119H147N5O. The van der Waals surface area contributed by atoms with E-state index in [9.17, 15) is 4.79 Å². The third kappa shape index (κ3) is 28.1. The first-order valence-corrected chi connectivity index (χ1v) is 44.7. The average Bonchev–Trinajstić information content (AvgIpc) is 1.14. The Balaban J connectivity index is 0.000000174. The number of aryl methyl sites for hydroxylation is 9.